The maximum atomic E-state index is 11.6. The van der Waals surface area contributed by atoms with E-state index in [1.54, 1.807) is 29.2 Å². The van der Waals surface area contributed by atoms with Gasteiger partial charge in [-0.3, -0.25) is 9.59 Å². The van der Waals surface area contributed by atoms with E-state index < -0.39 is 5.97 Å². The first kappa shape index (κ1) is 53.3. The van der Waals surface area contributed by atoms with Crippen LogP contribution < -0.4 is 28.7 Å². The first-order chi connectivity index (χ1) is 29.1. The van der Waals surface area contributed by atoms with E-state index in [-0.39, 0.29) is 71.4 Å². The molecular weight excluding hydrogens is 845 g/mol. The number of hydrogen-bond acceptors (Lipinski definition) is 15. The molecule has 0 bridgehead atoms. The first-order valence-corrected chi connectivity index (χ1v) is 20.8. The topological polar surface area (TPSA) is 258 Å². The summed E-state index contributed by atoms with van der Waals surface area (Å²) in [4.78, 5) is 51.2. The Balaban J connectivity index is 0.000000234. The number of carboxylic acid groups (broad SMARTS) is 1. The van der Waals surface area contributed by atoms with E-state index in [0.29, 0.717) is 45.4 Å². The number of aromatic nitrogens is 9. The van der Waals surface area contributed by atoms with Crippen LogP contribution in [0.5, 0.6) is 0 Å². The number of carboxylic acids is 1. The molecule has 6 aromatic rings. The number of ketones is 2. The third kappa shape index (κ3) is 13.5. The summed E-state index contributed by atoms with van der Waals surface area (Å²) in [7, 11) is 0. The van der Waals surface area contributed by atoms with Crippen molar-refractivity contribution in [1.82, 2.24) is 43.8 Å². The summed E-state index contributed by atoms with van der Waals surface area (Å²) in [5.41, 5.74) is 2.63. The van der Waals surface area contributed by atoms with Crippen molar-refractivity contribution in [3.05, 3.63) is 77.2 Å². The van der Waals surface area contributed by atoms with Crippen LogP contribution in [0.25, 0.3) is 16.9 Å². The van der Waals surface area contributed by atoms with Crippen LogP contribution in [0.4, 0.5) is 11.6 Å². The van der Waals surface area contributed by atoms with Crippen molar-refractivity contribution in [2.24, 2.45) is 0 Å². The zero-order chi connectivity index (χ0) is 44.0. The van der Waals surface area contributed by atoms with Gasteiger partial charge in [-0.25, -0.2) is 33.3 Å². The average molecular weight is 902 g/mol. The number of morpholine rings is 2. The van der Waals surface area contributed by atoms with Crippen molar-refractivity contribution < 1.29 is 63.5 Å². The van der Waals surface area contributed by atoms with Crippen LogP contribution in [-0.4, -0.2) is 140 Å². The maximum Gasteiger partial charge on any atom is 1.00 e. The quantitative estimate of drug-likeness (QED) is 0.148. The molecule has 3 saturated heterocycles. The van der Waals surface area contributed by atoms with Gasteiger partial charge in [-0.05, 0) is 92.9 Å². The standard InChI is InChI=1S/C14H18N4O2.C13H16N4O3.C8H6ClN3O.C7H14O.Li.2H2O/c1-9-7-17(8-10(2)20-9)13-4-5-18-14(16-13)12(6-15-18)11(3)19;1-8-6-16(7-9(2)20-8)11-3-4-17-12(15-11)10(5-14-17)13(18)19;1-5(13)6-4-10-12-3-2-7(9)11-8(6)12;1-6-4-3-5-7(2)8-6;;;/h4-6,9-10H,7-8H2,1-3H3;3-5,8-9H,6-7H2,1-2H3,(H,18,19);2-4H,1H3;6-7H,3-5H2,1-2H3;;2*1H2/q;;;;+1;;/p-1/t9-,10-;8-,9-;;6-,7-;;;/m11.1.../s1. The number of carbonyl (C=O) groups excluding carboxylic acids is 2. The minimum Gasteiger partial charge on any atom is -0.870 e. The number of anilines is 2. The Bertz CT molecular complexity index is 2340. The van der Waals surface area contributed by atoms with Crippen LogP contribution >= 0.6 is 11.6 Å². The van der Waals surface area contributed by atoms with Gasteiger partial charge >= 0.3 is 24.8 Å². The van der Waals surface area contributed by atoms with Crippen molar-refractivity contribution >= 4 is 57.7 Å². The fraction of sp³-hybridized carbons (Fsp3) is 0.500. The van der Waals surface area contributed by atoms with Crippen LogP contribution in [0.2, 0.25) is 5.15 Å². The number of ether oxygens (including phenoxy) is 3. The number of Topliss-reactive ketones (excluding diaryl/α,β-unsaturated/α-hetero) is 2. The molecule has 0 amide bonds. The summed E-state index contributed by atoms with van der Waals surface area (Å²) in [6.07, 6.45) is 15.1. The molecule has 0 unspecified atom stereocenters. The van der Waals surface area contributed by atoms with E-state index in [2.05, 4.69) is 67.7 Å². The van der Waals surface area contributed by atoms with Crippen molar-refractivity contribution in [2.75, 3.05) is 36.0 Å². The van der Waals surface area contributed by atoms with Crippen molar-refractivity contribution in [2.45, 2.75) is 111 Å². The van der Waals surface area contributed by atoms with Crippen LogP contribution in [0.15, 0.2) is 55.4 Å². The number of carbonyl (C=O) groups is 3. The Morgan fingerprint density at radius 2 is 0.938 bits per heavy atom. The third-order valence-electron chi connectivity index (χ3n) is 10.2. The molecule has 64 heavy (non-hydrogen) atoms. The molecule has 9 rings (SSSR count). The molecule has 0 radical (unpaired) electrons. The van der Waals surface area contributed by atoms with Crippen LogP contribution in [-0.2, 0) is 14.2 Å². The molecule has 0 aliphatic carbocycles. The zero-order valence-corrected chi connectivity index (χ0v) is 38.5. The summed E-state index contributed by atoms with van der Waals surface area (Å²) < 4.78 is 21.5. The zero-order valence-electron chi connectivity index (χ0n) is 37.8. The van der Waals surface area contributed by atoms with E-state index in [1.807, 2.05) is 32.2 Å². The molecular formula is C42H57ClLiN11O9. The summed E-state index contributed by atoms with van der Waals surface area (Å²) in [6, 6.07) is 5.39. The van der Waals surface area contributed by atoms with E-state index in [4.69, 9.17) is 30.9 Å². The average Bonchev–Trinajstić information content (AvgIpc) is 3.94. The van der Waals surface area contributed by atoms with Crippen molar-refractivity contribution in [1.29, 1.82) is 0 Å². The number of halogens is 1. The van der Waals surface area contributed by atoms with E-state index in [9.17, 15) is 14.4 Å². The van der Waals surface area contributed by atoms with Gasteiger partial charge in [0.15, 0.2) is 28.5 Å². The van der Waals surface area contributed by atoms with Gasteiger partial charge in [0.05, 0.1) is 66.3 Å². The molecule has 9 heterocycles. The minimum absolute atomic E-state index is 0. The molecule has 0 aromatic carbocycles. The minimum atomic E-state index is -1.02. The predicted octanol–water partition coefficient (Wildman–Crippen LogP) is 2.14. The summed E-state index contributed by atoms with van der Waals surface area (Å²) in [5.74, 6) is 0.511. The molecule has 4 N–H and O–H groups in total. The number of nitrogens with zero attached hydrogens (tertiary/aromatic N) is 11. The number of hydrogen-bond donors (Lipinski definition) is 1. The van der Waals surface area contributed by atoms with Gasteiger partial charge in [0.2, 0.25) is 0 Å². The Hall–Kier alpha value is -5.04. The van der Waals surface area contributed by atoms with Gasteiger partial charge in [-0.15, -0.1) is 0 Å². The Kier molecular flexibility index (Phi) is 19.8. The van der Waals surface area contributed by atoms with Gasteiger partial charge < -0.3 is 40.1 Å². The molecule has 342 valence electrons. The second-order valence-electron chi connectivity index (χ2n) is 15.7. The third-order valence-corrected chi connectivity index (χ3v) is 10.4. The second-order valence-corrected chi connectivity index (χ2v) is 16.1. The first-order valence-electron chi connectivity index (χ1n) is 20.5. The van der Waals surface area contributed by atoms with Gasteiger partial charge in [0, 0.05) is 44.8 Å². The van der Waals surface area contributed by atoms with Gasteiger partial charge in [0.1, 0.15) is 22.4 Å². The predicted molar refractivity (Wildman–Crippen MR) is 235 cm³/mol. The van der Waals surface area contributed by atoms with E-state index in [0.717, 1.165) is 37.8 Å². The Labute approximate surface area is 388 Å². The SMILES string of the molecule is CC(=O)c1cnn2ccc(Cl)nc12.CC(=O)c1cnn2ccc(N3C[C@@H](C)O[C@H](C)C3)nc12.C[C@@H]1CCC[C@@H](C)O1.C[C@@H]1CN(c2ccn3ncc(C(=O)O)c3n2)C[C@@H](C)O1.O.[Li+].[OH-]. The normalized spacial score (nSPS) is 21.6. The van der Waals surface area contributed by atoms with E-state index in [1.165, 1.54) is 54.5 Å². The fourth-order valence-corrected chi connectivity index (χ4v) is 7.66. The smallest absolute Gasteiger partial charge is 0.870 e. The fourth-order valence-electron chi connectivity index (χ4n) is 7.52. The molecule has 6 aromatic heterocycles. The monoisotopic (exact) mass is 901 g/mol. The van der Waals surface area contributed by atoms with Crippen LogP contribution in [0.3, 0.4) is 0 Å². The summed E-state index contributed by atoms with van der Waals surface area (Å²) >= 11 is 5.69. The van der Waals surface area contributed by atoms with Gasteiger partial charge in [0.25, 0.3) is 0 Å². The second kappa shape index (κ2) is 23.8. The number of aromatic carboxylic acids is 1. The maximum absolute atomic E-state index is 11.6. The largest absolute Gasteiger partial charge is 1.00 e. The molecule has 20 nitrogen and oxygen atoms in total. The molecule has 6 atom stereocenters. The number of fused-ring (bicyclic) bond motifs is 3. The molecule has 3 aliphatic rings. The van der Waals surface area contributed by atoms with Crippen molar-refractivity contribution in [3.8, 4) is 0 Å². The van der Waals surface area contributed by atoms with E-state index >= 15 is 0 Å². The summed E-state index contributed by atoms with van der Waals surface area (Å²) in [5, 5.41) is 21.6. The molecule has 3 aliphatic heterocycles. The molecule has 22 heteroatoms. The number of rotatable bonds is 5. The molecule has 0 spiro atoms. The van der Waals surface area contributed by atoms with Gasteiger partial charge in [-0.2, -0.15) is 15.3 Å². The Morgan fingerprint density at radius 1 is 0.594 bits per heavy atom. The van der Waals surface area contributed by atoms with Crippen molar-refractivity contribution in [3.63, 3.8) is 0 Å². The summed E-state index contributed by atoms with van der Waals surface area (Å²) in [6.45, 7) is 18.5. The Morgan fingerprint density at radius 3 is 1.30 bits per heavy atom. The molecule has 0 saturated carbocycles. The molecule has 3 fully saturated rings. The van der Waals surface area contributed by atoms with Gasteiger partial charge in [-0.1, -0.05) is 11.6 Å². The van der Waals surface area contributed by atoms with Crippen LogP contribution in [0, 0.1) is 0 Å². The van der Waals surface area contributed by atoms with Crippen LogP contribution in [0.1, 0.15) is 106 Å².